The number of carboxylic acids is 1. The Kier molecular flexibility index (Phi) is 26.5. The number of hydrogen-bond donors (Lipinski definition) is 4. The van der Waals surface area contributed by atoms with Gasteiger partial charge in [-0.2, -0.15) is 0 Å². The van der Waals surface area contributed by atoms with Gasteiger partial charge in [0.25, 0.3) is 0 Å². The number of methoxy groups -OCH3 is 3. The van der Waals surface area contributed by atoms with Gasteiger partial charge in [-0.15, -0.1) is 0 Å². The topological polar surface area (TPSA) is 343 Å². The molecule has 2 aliphatic rings. The first-order chi connectivity index (χ1) is 51.5. The number of ether oxygens (including phenoxy) is 5. The van der Waals surface area contributed by atoms with Crippen LogP contribution in [0, 0.1) is 11.6 Å². The average Bonchev–Trinajstić information content (AvgIpc) is 1.70. The van der Waals surface area contributed by atoms with Crippen molar-refractivity contribution in [3.63, 3.8) is 0 Å². The molecule has 9 heterocycles. The zero-order valence-electron chi connectivity index (χ0n) is 55.6. The molecule has 13 aromatic rings. The first kappa shape index (κ1) is 78.4. The molecule has 7 aromatic heterocycles. The molecule has 0 atom stereocenters. The summed E-state index contributed by atoms with van der Waals surface area (Å²) >= 11 is 38.3. The fourth-order valence-electron chi connectivity index (χ4n) is 9.97. The maximum Gasteiger partial charge on any atom is 0.338 e. The maximum absolute atomic E-state index is 13.9. The van der Waals surface area contributed by atoms with E-state index in [0.717, 1.165) is 24.4 Å². The molecule has 2 aliphatic heterocycles. The van der Waals surface area contributed by atoms with Crippen LogP contribution in [0.2, 0.25) is 30.4 Å². The molecular weight excluding hydrogens is 1590 g/mol. The van der Waals surface area contributed by atoms with E-state index in [0.29, 0.717) is 125 Å². The Hall–Kier alpha value is -11.2. The third kappa shape index (κ3) is 19.3. The number of hydrogen-bond acceptors (Lipinski definition) is 24. The number of phenolic OH excluding ortho intramolecular Hbond substituents is 1. The second-order valence-electron chi connectivity index (χ2n) is 21.9. The predicted octanol–water partition coefficient (Wildman–Crippen LogP) is 18.4. The molecule has 0 bridgehead atoms. The lowest BCUT2D eigenvalue weighted by Crippen LogP contribution is -2.20. The Bertz CT molecular complexity index is 5320. The van der Waals surface area contributed by atoms with Crippen molar-refractivity contribution in [3.05, 3.63) is 233 Å². The summed E-state index contributed by atoms with van der Waals surface area (Å²) in [6.07, 6.45) is 7.66. The molecule has 6 aromatic carbocycles. The monoisotopic (exact) mass is 1640 g/mol. The molecule has 25 nitrogen and oxygen atoms in total. The lowest BCUT2D eigenvalue weighted by atomic mass is 10.1. The van der Waals surface area contributed by atoms with Gasteiger partial charge < -0.3 is 63.1 Å². The third-order valence-electron chi connectivity index (χ3n) is 15.0. The van der Waals surface area contributed by atoms with E-state index in [1.165, 1.54) is 88.6 Å². The van der Waals surface area contributed by atoms with Crippen LogP contribution in [0.4, 0.5) is 31.7 Å². The maximum atomic E-state index is 13.9. The molecule has 0 spiro atoms. The minimum Gasteiger partial charge on any atom is -0.504 e. The van der Waals surface area contributed by atoms with Crippen LogP contribution in [0.3, 0.4) is 0 Å². The first-order valence-corrected chi connectivity index (χ1v) is 34.2. The van der Waals surface area contributed by atoms with Crippen LogP contribution in [0.1, 0.15) is 64.6 Å². The van der Waals surface area contributed by atoms with Crippen LogP contribution in [0.5, 0.6) is 17.2 Å². The molecule has 0 amide bonds. The van der Waals surface area contributed by atoms with E-state index in [4.69, 9.17) is 113 Å². The Labute approximate surface area is 643 Å². The standard InChI is InChI=1S/C22H15ClFN3O4.C14H8BrClN2O3.C14H8Cl2N2O3.C9H10FNO.C8H6ClNO3.C6H6ClNO/c23-15-3-1-4-16-20(15)31-21(26-16)14-11-25-19(10-13(14)22(28)29)27-7-2-8-30-18-6-5-12(24)9-17(18)27;1-20-14(19)7-5-11(15)17-6-8(7)13-18-10-4-2-3-9(16)12(10)21-13;1-20-14(19)7-5-11(16)17-6-8(7)13-18-10-4-2-3-9(15)12(10)21-13;10-7-2-3-9-8(6-7)11-4-1-5-12-9;1-13-8(12)6-2-7(9)10-3-5(6)4-11;7-4-2-1-3-5(8)6(4)9/h1,3-6,9-11H,2,7-8H2,(H,28,29);2*2-6H,1H3;2-3,6,11H,1,4-5H2;2-4H,1H3;1-3,9H,8H2. The van der Waals surface area contributed by atoms with Crippen LogP contribution in [-0.2, 0) is 14.2 Å². The average molecular weight is 1640 g/mol. The largest absolute Gasteiger partial charge is 0.504 e. The number of rotatable bonds is 9. The molecule has 15 rings (SSSR count). The van der Waals surface area contributed by atoms with Gasteiger partial charge in [-0.05, 0) is 126 Å². The van der Waals surface area contributed by atoms with Gasteiger partial charge in [-0.3, -0.25) is 4.79 Å². The minimum absolute atomic E-state index is 0.0424. The van der Waals surface area contributed by atoms with Crippen LogP contribution < -0.4 is 25.4 Å². The van der Waals surface area contributed by atoms with Crippen LogP contribution in [0.15, 0.2) is 176 Å². The van der Waals surface area contributed by atoms with Crippen LogP contribution in [0.25, 0.3) is 67.7 Å². The van der Waals surface area contributed by atoms with Crippen LogP contribution in [-0.4, -0.2) is 123 Å². The molecule has 0 saturated heterocycles. The second-order valence-corrected chi connectivity index (χ2v) is 25.1. The van der Waals surface area contributed by atoms with Gasteiger partial charge in [0.15, 0.2) is 28.8 Å². The van der Waals surface area contributed by atoms with Gasteiger partial charge in [0, 0.05) is 55.6 Å². The molecule has 0 fully saturated rings. The van der Waals surface area contributed by atoms with Gasteiger partial charge in [0.1, 0.15) is 60.4 Å². The van der Waals surface area contributed by atoms with E-state index in [-0.39, 0.29) is 72.4 Å². The van der Waals surface area contributed by atoms with Crippen molar-refractivity contribution in [2.24, 2.45) is 0 Å². The van der Waals surface area contributed by atoms with E-state index in [2.05, 4.69) is 60.9 Å². The van der Waals surface area contributed by atoms with Gasteiger partial charge in [-0.1, -0.05) is 93.9 Å². The fraction of sp³-hybridized carbons (Fsp3) is 0.123. The fourth-order valence-corrected chi connectivity index (χ4v) is 11.4. The number of carbonyl (C=O) groups is 5. The van der Waals surface area contributed by atoms with Crippen molar-refractivity contribution in [1.29, 1.82) is 0 Å². The lowest BCUT2D eigenvalue weighted by molar-refractivity contribution is 0.0591. The number of aldehydes is 1. The zero-order chi connectivity index (χ0) is 76.6. The highest BCUT2D eigenvalue weighted by Gasteiger charge is 2.27. The number of halogens is 9. The molecule has 548 valence electrons. The SMILES string of the molecule is COC(=O)c1cc(Br)ncc1-c1nc2cccc(Cl)c2o1.COC(=O)c1cc(Cl)ncc1-c1nc2cccc(Cl)c2o1.COC(=O)c1cc(Cl)ncc1C=O.Fc1ccc2c(c1)NCCCO2.Nc1cccc(Cl)c1O.O=C(O)c1cc(N2CCCOc3ccc(F)cc32)ncc1-c1nc2cccc(Cl)c2o1. The molecule has 5 N–H and O–H groups in total. The van der Waals surface area contributed by atoms with E-state index >= 15 is 0 Å². The molecule has 0 saturated carbocycles. The Balaban J connectivity index is 0.000000144. The van der Waals surface area contributed by atoms with E-state index < -0.39 is 29.7 Å². The number of aromatic hydroxyl groups is 1. The van der Waals surface area contributed by atoms with E-state index in [9.17, 15) is 37.9 Å². The minimum atomic E-state index is -1.17. The lowest BCUT2D eigenvalue weighted by Gasteiger charge is -2.23. The van der Waals surface area contributed by atoms with Gasteiger partial charge in [-0.25, -0.2) is 62.8 Å². The zero-order valence-corrected chi connectivity index (χ0v) is 61.7. The van der Waals surface area contributed by atoms with Gasteiger partial charge >= 0.3 is 23.9 Å². The number of benzene rings is 6. The number of oxazole rings is 3. The highest BCUT2D eigenvalue weighted by atomic mass is 79.9. The number of nitrogens with two attached hydrogens (primary N) is 1. The number of nitrogen functional groups attached to an aromatic ring is 1. The number of aromatic carboxylic acids is 1. The second kappa shape index (κ2) is 36.2. The normalized spacial score (nSPS) is 11.8. The van der Waals surface area contributed by atoms with Crippen molar-refractivity contribution in [3.8, 4) is 51.6 Å². The van der Waals surface area contributed by atoms with Gasteiger partial charge in [0.2, 0.25) is 17.7 Å². The van der Waals surface area contributed by atoms with Crippen molar-refractivity contribution >= 4 is 172 Å². The van der Waals surface area contributed by atoms with E-state index in [1.807, 2.05) is 0 Å². The first-order valence-electron chi connectivity index (χ1n) is 31.1. The summed E-state index contributed by atoms with van der Waals surface area (Å²) in [5.41, 5.74) is 11.6. The summed E-state index contributed by atoms with van der Waals surface area (Å²) in [4.78, 5) is 88.2. The number of para-hydroxylation sites is 4. The molecule has 0 unspecified atom stereocenters. The Morgan fingerprint density at radius 3 is 1.56 bits per heavy atom. The Morgan fingerprint density at radius 1 is 0.561 bits per heavy atom. The summed E-state index contributed by atoms with van der Waals surface area (Å²) in [5.74, 6) is -1.32. The summed E-state index contributed by atoms with van der Waals surface area (Å²) in [6.45, 7) is 2.49. The molecule has 34 heteroatoms. The molecule has 107 heavy (non-hydrogen) atoms. The van der Waals surface area contributed by atoms with Crippen molar-refractivity contribution in [2.45, 2.75) is 12.8 Å². The number of aromatic nitrogens is 7. The number of carboxylic acid groups (broad SMARTS) is 1. The van der Waals surface area contributed by atoms with Crippen molar-refractivity contribution in [1.82, 2.24) is 34.9 Å². The smallest absolute Gasteiger partial charge is 0.338 e. The highest BCUT2D eigenvalue weighted by Crippen LogP contribution is 2.40. The number of pyridine rings is 4. The number of esters is 3. The highest BCUT2D eigenvalue weighted by molar-refractivity contribution is 9.10. The summed E-state index contributed by atoms with van der Waals surface area (Å²) in [6, 6.07) is 34.8. The predicted molar refractivity (Wildman–Crippen MR) is 401 cm³/mol. The molecular formula is C73H53BrCl6F2N10O15. The number of anilines is 4. The summed E-state index contributed by atoms with van der Waals surface area (Å²) in [5, 5.41) is 23.8. The Morgan fingerprint density at radius 2 is 1.03 bits per heavy atom. The van der Waals surface area contributed by atoms with Gasteiger partial charge in [0.05, 0.1) is 111 Å². The van der Waals surface area contributed by atoms with Crippen LogP contribution >= 0.6 is 85.5 Å². The number of phenols is 1. The summed E-state index contributed by atoms with van der Waals surface area (Å²) in [7, 11) is 3.82. The molecule has 0 aliphatic carbocycles. The third-order valence-corrected chi connectivity index (χ3v) is 17.1. The number of nitrogens with zero attached hydrogens (tertiary/aromatic N) is 8. The summed E-state index contributed by atoms with van der Waals surface area (Å²) < 4.78 is 69.2. The number of fused-ring (bicyclic) bond motifs is 5. The van der Waals surface area contributed by atoms with E-state index in [1.54, 1.807) is 95.9 Å². The van der Waals surface area contributed by atoms with Crippen molar-refractivity contribution < 1.29 is 79.9 Å². The van der Waals surface area contributed by atoms with Crippen molar-refractivity contribution in [2.75, 3.05) is 63.6 Å². The quantitative estimate of drug-likeness (QED) is 0.0260. The molecule has 0 radical (unpaired) electrons. The number of carbonyl (C=O) groups excluding carboxylic acids is 4. The number of nitrogens with one attached hydrogen (secondary N) is 1.